The Morgan fingerprint density at radius 3 is 2.71 bits per heavy atom. The standard InChI is InChI=1S/C21H24N6S/c1-13-16-11-14(9-10-17(16)25-24-13)19-26-27-20(28-19)23-12-18(22)21(2,3)15-7-5-4-6-8-15/h4-11,18H,12,22H2,1-3H3,(H,23,27)(H,24,25)/t18-/m0/s1. The molecule has 0 saturated carbocycles. The smallest absolute Gasteiger partial charge is 0.206 e. The first-order valence-electron chi connectivity index (χ1n) is 9.29. The van der Waals surface area contributed by atoms with Gasteiger partial charge in [-0.25, -0.2) is 0 Å². The third-order valence-corrected chi connectivity index (χ3v) is 6.26. The van der Waals surface area contributed by atoms with Gasteiger partial charge >= 0.3 is 0 Å². The third kappa shape index (κ3) is 3.50. The molecule has 0 saturated heterocycles. The number of anilines is 1. The van der Waals surface area contributed by atoms with Gasteiger partial charge in [-0.3, -0.25) is 5.10 Å². The zero-order valence-electron chi connectivity index (χ0n) is 16.2. The van der Waals surface area contributed by atoms with E-state index in [1.807, 2.05) is 37.3 Å². The fourth-order valence-electron chi connectivity index (χ4n) is 3.22. The number of hydrogen-bond donors (Lipinski definition) is 3. The largest absolute Gasteiger partial charge is 0.358 e. The van der Waals surface area contributed by atoms with Gasteiger partial charge in [0.05, 0.1) is 5.52 Å². The summed E-state index contributed by atoms with van der Waals surface area (Å²) in [5, 5.41) is 22.0. The van der Waals surface area contributed by atoms with E-state index in [0.717, 1.165) is 32.3 Å². The van der Waals surface area contributed by atoms with Crippen LogP contribution >= 0.6 is 11.3 Å². The highest BCUT2D eigenvalue weighted by Crippen LogP contribution is 2.30. The first-order chi connectivity index (χ1) is 13.4. The number of aryl methyl sites for hydroxylation is 1. The van der Waals surface area contributed by atoms with Crippen LogP contribution in [0, 0.1) is 6.92 Å². The number of aromatic amines is 1. The molecule has 1 atom stereocenters. The van der Waals surface area contributed by atoms with Gasteiger partial charge in [-0.05, 0) is 30.7 Å². The molecule has 2 heterocycles. The molecule has 0 bridgehead atoms. The van der Waals surface area contributed by atoms with Gasteiger partial charge in [0.1, 0.15) is 5.01 Å². The Morgan fingerprint density at radius 1 is 1.14 bits per heavy atom. The van der Waals surface area contributed by atoms with E-state index in [9.17, 15) is 0 Å². The molecule has 4 aromatic rings. The maximum absolute atomic E-state index is 6.50. The second-order valence-electron chi connectivity index (χ2n) is 7.57. The zero-order chi connectivity index (χ0) is 19.7. The maximum atomic E-state index is 6.50. The number of aromatic nitrogens is 4. The first-order valence-corrected chi connectivity index (χ1v) is 10.1. The number of H-pyrrole nitrogens is 1. The summed E-state index contributed by atoms with van der Waals surface area (Å²) in [6.07, 6.45) is 0. The molecule has 7 heteroatoms. The van der Waals surface area contributed by atoms with Crippen LogP contribution in [0.2, 0.25) is 0 Å². The normalized spacial score (nSPS) is 13.0. The van der Waals surface area contributed by atoms with Gasteiger partial charge in [0.25, 0.3) is 0 Å². The Morgan fingerprint density at radius 2 is 1.93 bits per heavy atom. The van der Waals surface area contributed by atoms with Crippen molar-refractivity contribution in [3.05, 3.63) is 59.8 Å². The Bertz CT molecular complexity index is 1080. The minimum atomic E-state index is -0.147. The first kappa shape index (κ1) is 18.6. The van der Waals surface area contributed by atoms with Crippen LogP contribution in [-0.2, 0) is 5.41 Å². The summed E-state index contributed by atoms with van der Waals surface area (Å²) < 4.78 is 0. The van der Waals surface area contributed by atoms with Crippen molar-refractivity contribution in [2.24, 2.45) is 5.73 Å². The van der Waals surface area contributed by atoms with E-state index in [4.69, 9.17) is 5.73 Å². The Labute approximate surface area is 168 Å². The van der Waals surface area contributed by atoms with E-state index < -0.39 is 0 Å². The van der Waals surface area contributed by atoms with E-state index in [1.165, 1.54) is 16.9 Å². The molecule has 0 fully saturated rings. The van der Waals surface area contributed by atoms with Crippen LogP contribution < -0.4 is 11.1 Å². The molecule has 6 nitrogen and oxygen atoms in total. The lowest BCUT2D eigenvalue weighted by molar-refractivity contribution is 0.422. The fourth-order valence-corrected chi connectivity index (χ4v) is 3.96. The summed E-state index contributed by atoms with van der Waals surface area (Å²) >= 11 is 1.53. The van der Waals surface area contributed by atoms with Crippen LogP contribution in [0.1, 0.15) is 25.1 Å². The van der Waals surface area contributed by atoms with Gasteiger partial charge < -0.3 is 11.1 Å². The minimum Gasteiger partial charge on any atom is -0.358 e. The lowest BCUT2D eigenvalue weighted by Crippen LogP contribution is -2.45. The molecule has 2 aromatic heterocycles. The quantitative estimate of drug-likeness (QED) is 0.459. The lowest BCUT2D eigenvalue weighted by Gasteiger charge is -2.32. The van der Waals surface area contributed by atoms with Crippen molar-refractivity contribution >= 4 is 27.4 Å². The van der Waals surface area contributed by atoms with Crippen molar-refractivity contribution in [3.8, 4) is 10.6 Å². The second kappa shape index (κ2) is 7.33. The molecule has 2 aromatic carbocycles. The van der Waals surface area contributed by atoms with Crippen LogP contribution in [0.15, 0.2) is 48.5 Å². The van der Waals surface area contributed by atoms with E-state index in [0.29, 0.717) is 6.54 Å². The molecule has 0 spiro atoms. The number of nitrogens with zero attached hydrogens (tertiary/aromatic N) is 3. The molecule has 28 heavy (non-hydrogen) atoms. The van der Waals surface area contributed by atoms with E-state index >= 15 is 0 Å². The van der Waals surface area contributed by atoms with Gasteiger partial charge in [-0.2, -0.15) is 5.10 Å². The van der Waals surface area contributed by atoms with E-state index in [2.05, 4.69) is 57.8 Å². The molecule has 0 aliphatic rings. The molecule has 0 aliphatic carbocycles. The summed E-state index contributed by atoms with van der Waals surface area (Å²) in [6.45, 7) is 6.98. The Balaban J connectivity index is 1.46. The monoisotopic (exact) mass is 392 g/mol. The maximum Gasteiger partial charge on any atom is 0.206 e. The summed E-state index contributed by atoms with van der Waals surface area (Å²) in [4.78, 5) is 0. The molecule has 0 radical (unpaired) electrons. The predicted octanol–water partition coefficient (Wildman–Crippen LogP) is 4.11. The predicted molar refractivity (Wildman–Crippen MR) is 116 cm³/mol. The summed E-state index contributed by atoms with van der Waals surface area (Å²) in [7, 11) is 0. The summed E-state index contributed by atoms with van der Waals surface area (Å²) in [6, 6.07) is 16.4. The van der Waals surface area contributed by atoms with Gasteiger partial charge in [0.15, 0.2) is 0 Å². The highest BCUT2D eigenvalue weighted by atomic mass is 32.1. The van der Waals surface area contributed by atoms with E-state index in [-0.39, 0.29) is 11.5 Å². The van der Waals surface area contributed by atoms with Gasteiger partial charge in [0.2, 0.25) is 5.13 Å². The SMILES string of the molecule is Cc1[nH]nc2ccc(-c3nnc(NC[C@H](N)C(C)(C)c4ccccc4)s3)cc12. The van der Waals surface area contributed by atoms with Crippen LogP contribution in [0.25, 0.3) is 21.5 Å². The van der Waals surface area contributed by atoms with Crippen LogP contribution in [0.3, 0.4) is 0 Å². The highest BCUT2D eigenvalue weighted by Gasteiger charge is 2.28. The average Bonchev–Trinajstić information content (AvgIpc) is 3.33. The molecular weight excluding hydrogens is 368 g/mol. The molecule has 0 amide bonds. The Kier molecular flexibility index (Phi) is 4.87. The zero-order valence-corrected chi connectivity index (χ0v) is 17.0. The highest BCUT2D eigenvalue weighted by molar-refractivity contribution is 7.18. The number of rotatable bonds is 6. The summed E-state index contributed by atoms with van der Waals surface area (Å²) in [5.41, 5.74) is 10.6. The van der Waals surface area contributed by atoms with Gasteiger partial charge in [0, 0.05) is 34.6 Å². The van der Waals surface area contributed by atoms with E-state index in [1.54, 1.807) is 0 Å². The van der Waals surface area contributed by atoms with Crippen LogP contribution in [-0.4, -0.2) is 33.0 Å². The summed E-state index contributed by atoms with van der Waals surface area (Å²) in [5.74, 6) is 0. The number of benzene rings is 2. The number of nitrogens with one attached hydrogen (secondary N) is 2. The topological polar surface area (TPSA) is 92.5 Å². The number of nitrogens with two attached hydrogens (primary N) is 1. The molecule has 4 N–H and O–H groups in total. The fraction of sp³-hybridized carbons (Fsp3) is 0.286. The number of fused-ring (bicyclic) bond motifs is 1. The van der Waals surface area contributed by atoms with Gasteiger partial charge in [-0.1, -0.05) is 55.5 Å². The van der Waals surface area contributed by atoms with Crippen molar-refractivity contribution in [1.82, 2.24) is 20.4 Å². The van der Waals surface area contributed by atoms with Crippen molar-refractivity contribution in [2.45, 2.75) is 32.2 Å². The molecule has 4 rings (SSSR count). The van der Waals surface area contributed by atoms with Crippen molar-refractivity contribution in [3.63, 3.8) is 0 Å². The molecular formula is C21H24N6S. The second-order valence-corrected chi connectivity index (χ2v) is 8.55. The Hall–Kier alpha value is -2.77. The van der Waals surface area contributed by atoms with Gasteiger partial charge in [-0.15, -0.1) is 10.2 Å². The average molecular weight is 393 g/mol. The molecule has 0 unspecified atom stereocenters. The van der Waals surface area contributed by atoms with Crippen molar-refractivity contribution in [2.75, 3.05) is 11.9 Å². The minimum absolute atomic E-state index is 0.0628. The number of hydrogen-bond acceptors (Lipinski definition) is 6. The molecule has 144 valence electrons. The van der Waals surface area contributed by atoms with Crippen molar-refractivity contribution in [1.29, 1.82) is 0 Å². The molecule has 0 aliphatic heterocycles. The van der Waals surface area contributed by atoms with Crippen LogP contribution in [0.5, 0.6) is 0 Å². The van der Waals surface area contributed by atoms with Crippen LogP contribution in [0.4, 0.5) is 5.13 Å². The van der Waals surface area contributed by atoms with Crippen molar-refractivity contribution < 1.29 is 0 Å². The lowest BCUT2D eigenvalue weighted by atomic mass is 9.78. The third-order valence-electron chi connectivity index (χ3n) is 5.33.